The van der Waals surface area contributed by atoms with Crippen LogP contribution in [-0.4, -0.2) is 16.7 Å². The first-order chi connectivity index (χ1) is 9.30. The van der Waals surface area contributed by atoms with Gasteiger partial charge in [-0.3, -0.25) is 4.79 Å². The molecule has 1 rings (SSSR count). The first-order valence-corrected chi connectivity index (χ1v) is 7.70. The minimum atomic E-state index is -0.855. The maximum Gasteiger partial charge on any atom is 0.234 e. The zero-order valence-corrected chi connectivity index (χ0v) is 13.7. The van der Waals surface area contributed by atoms with E-state index in [-0.39, 0.29) is 17.1 Å². The minimum Gasteiger partial charge on any atom is -0.337 e. The molecule has 0 saturated carbocycles. The van der Waals surface area contributed by atoms with E-state index in [4.69, 9.17) is 11.6 Å². The van der Waals surface area contributed by atoms with E-state index in [1.54, 1.807) is 19.9 Å². The van der Waals surface area contributed by atoms with E-state index in [1.807, 2.05) is 32.0 Å². The molecule has 0 aliphatic rings. The number of nitriles is 1. The zero-order chi connectivity index (χ0) is 15.3. The Morgan fingerprint density at radius 3 is 2.50 bits per heavy atom. The third-order valence-corrected chi connectivity index (χ3v) is 4.90. The van der Waals surface area contributed by atoms with Crippen molar-refractivity contribution in [2.45, 2.75) is 43.4 Å². The van der Waals surface area contributed by atoms with E-state index in [0.29, 0.717) is 5.02 Å². The second kappa shape index (κ2) is 7.01. The number of amides is 1. The molecule has 1 N–H and O–H groups in total. The summed E-state index contributed by atoms with van der Waals surface area (Å²) < 4.78 is 0. The number of benzene rings is 1. The van der Waals surface area contributed by atoms with Gasteiger partial charge in [-0.05, 0) is 31.9 Å². The van der Waals surface area contributed by atoms with Crippen molar-refractivity contribution in [1.82, 2.24) is 5.32 Å². The Balaban J connectivity index is 2.74. The second-order valence-corrected chi connectivity index (χ2v) is 6.94. The molecular formula is C15H19ClN2OS. The molecule has 0 heterocycles. The summed E-state index contributed by atoms with van der Waals surface area (Å²) in [6.07, 6.45) is 0. The molecule has 2 atom stereocenters. The van der Waals surface area contributed by atoms with Crippen LogP contribution in [0.15, 0.2) is 29.2 Å². The summed E-state index contributed by atoms with van der Waals surface area (Å²) >= 11 is 7.47. The highest BCUT2D eigenvalue weighted by molar-refractivity contribution is 8.00. The van der Waals surface area contributed by atoms with Gasteiger partial charge in [-0.25, -0.2) is 0 Å². The summed E-state index contributed by atoms with van der Waals surface area (Å²) in [5, 5.41) is 12.4. The smallest absolute Gasteiger partial charge is 0.234 e. The highest BCUT2D eigenvalue weighted by Gasteiger charge is 2.31. The molecule has 0 aliphatic heterocycles. The van der Waals surface area contributed by atoms with Crippen LogP contribution in [0.4, 0.5) is 0 Å². The lowest BCUT2D eigenvalue weighted by Gasteiger charge is -2.28. The maximum absolute atomic E-state index is 12.2. The molecule has 1 aromatic carbocycles. The van der Waals surface area contributed by atoms with Crippen LogP contribution in [-0.2, 0) is 4.79 Å². The Hall–Kier alpha value is -1.18. The molecular weight excluding hydrogens is 292 g/mol. The van der Waals surface area contributed by atoms with Crippen LogP contribution in [0.25, 0.3) is 0 Å². The topological polar surface area (TPSA) is 52.9 Å². The number of hydrogen-bond donors (Lipinski definition) is 1. The number of hydrogen-bond acceptors (Lipinski definition) is 3. The molecule has 20 heavy (non-hydrogen) atoms. The molecule has 0 aromatic heterocycles. The van der Waals surface area contributed by atoms with Gasteiger partial charge in [0, 0.05) is 4.90 Å². The van der Waals surface area contributed by atoms with E-state index >= 15 is 0 Å². The molecule has 1 aromatic rings. The van der Waals surface area contributed by atoms with Gasteiger partial charge in [0.25, 0.3) is 0 Å². The predicted molar refractivity (Wildman–Crippen MR) is 83.8 cm³/mol. The van der Waals surface area contributed by atoms with Gasteiger partial charge in [-0.15, -0.1) is 11.8 Å². The van der Waals surface area contributed by atoms with Gasteiger partial charge in [0.2, 0.25) is 5.91 Å². The quantitative estimate of drug-likeness (QED) is 0.840. The molecule has 5 heteroatoms. The second-order valence-electron chi connectivity index (χ2n) is 5.15. The van der Waals surface area contributed by atoms with Crippen molar-refractivity contribution in [3.05, 3.63) is 29.3 Å². The molecule has 0 spiro atoms. The summed E-state index contributed by atoms with van der Waals surface area (Å²) in [7, 11) is 0. The average molecular weight is 311 g/mol. The van der Waals surface area contributed by atoms with Gasteiger partial charge < -0.3 is 5.32 Å². The van der Waals surface area contributed by atoms with Crippen molar-refractivity contribution in [3.63, 3.8) is 0 Å². The van der Waals surface area contributed by atoms with Crippen molar-refractivity contribution in [2.24, 2.45) is 5.92 Å². The molecule has 0 radical (unpaired) electrons. The number of rotatable bonds is 5. The van der Waals surface area contributed by atoms with Crippen LogP contribution in [0.1, 0.15) is 27.7 Å². The van der Waals surface area contributed by atoms with Gasteiger partial charge >= 0.3 is 0 Å². The van der Waals surface area contributed by atoms with Gasteiger partial charge in [-0.1, -0.05) is 37.6 Å². The lowest BCUT2D eigenvalue weighted by molar-refractivity contribution is -0.121. The van der Waals surface area contributed by atoms with E-state index in [1.165, 1.54) is 11.8 Å². The number of thioether (sulfide) groups is 1. The number of halogens is 1. The Bertz CT molecular complexity index is 527. The van der Waals surface area contributed by atoms with E-state index in [9.17, 15) is 10.1 Å². The van der Waals surface area contributed by atoms with Gasteiger partial charge in [0.05, 0.1) is 16.3 Å². The number of nitrogens with one attached hydrogen (secondary N) is 1. The number of nitrogens with zero attached hydrogens (tertiary/aromatic N) is 1. The highest BCUT2D eigenvalue weighted by atomic mass is 35.5. The fraction of sp³-hybridized carbons (Fsp3) is 0.467. The Labute approximate surface area is 129 Å². The van der Waals surface area contributed by atoms with Crippen LogP contribution >= 0.6 is 23.4 Å². The van der Waals surface area contributed by atoms with Crippen molar-refractivity contribution in [1.29, 1.82) is 5.26 Å². The van der Waals surface area contributed by atoms with Gasteiger partial charge in [0.1, 0.15) is 5.54 Å². The first-order valence-electron chi connectivity index (χ1n) is 6.44. The standard InChI is InChI=1S/C15H19ClN2OS/c1-10(2)15(4,9-17)18-14(19)11(3)20-13-8-6-5-7-12(13)16/h5-8,10-11H,1-4H3,(H,18,19). The zero-order valence-electron chi connectivity index (χ0n) is 12.1. The van der Waals surface area contributed by atoms with Gasteiger partial charge in [-0.2, -0.15) is 5.26 Å². The van der Waals surface area contributed by atoms with Crippen molar-refractivity contribution in [2.75, 3.05) is 0 Å². The molecule has 108 valence electrons. The predicted octanol–water partition coefficient (Wildman–Crippen LogP) is 3.88. The Kier molecular flexibility index (Phi) is 5.91. The number of carbonyl (C=O) groups excluding carboxylic acids is 1. The summed E-state index contributed by atoms with van der Waals surface area (Å²) in [4.78, 5) is 13.1. The van der Waals surface area contributed by atoms with Crippen LogP contribution in [0, 0.1) is 17.2 Å². The lowest BCUT2D eigenvalue weighted by Crippen LogP contribution is -2.51. The molecule has 0 aliphatic carbocycles. The summed E-state index contributed by atoms with van der Waals surface area (Å²) in [5.41, 5.74) is -0.855. The van der Waals surface area contributed by atoms with Crippen LogP contribution in [0.2, 0.25) is 5.02 Å². The molecule has 0 saturated heterocycles. The van der Waals surface area contributed by atoms with Crippen LogP contribution < -0.4 is 5.32 Å². The summed E-state index contributed by atoms with van der Waals surface area (Å²) in [5.74, 6) is -0.123. The van der Waals surface area contributed by atoms with Crippen molar-refractivity contribution < 1.29 is 4.79 Å². The third-order valence-electron chi connectivity index (χ3n) is 3.28. The van der Waals surface area contributed by atoms with E-state index in [0.717, 1.165) is 4.90 Å². The van der Waals surface area contributed by atoms with Crippen LogP contribution in [0.5, 0.6) is 0 Å². The van der Waals surface area contributed by atoms with Crippen molar-refractivity contribution >= 4 is 29.3 Å². The fourth-order valence-electron chi connectivity index (χ4n) is 1.44. The van der Waals surface area contributed by atoms with E-state index in [2.05, 4.69) is 11.4 Å². The highest BCUT2D eigenvalue weighted by Crippen LogP contribution is 2.30. The molecule has 1 amide bonds. The first kappa shape index (κ1) is 16.9. The van der Waals surface area contributed by atoms with Gasteiger partial charge in [0.15, 0.2) is 0 Å². The van der Waals surface area contributed by atoms with E-state index < -0.39 is 5.54 Å². The summed E-state index contributed by atoms with van der Waals surface area (Å²) in [6, 6.07) is 9.57. The molecule has 0 fully saturated rings. The maximum atomic E-state index is 12.2. The third kappa shape index (κ3) is 4.16. The average Bonchev–Trinajstić information content (AvgIpc) is 2.40. The molecule has 2 unspecified atom stereocenters. The lowest BCUT2D eigenvalue weighted by atomic mass is 9.90. The number of carbonyl (C=O) groups is 1. The Morgan fingerprint density at radius 2 is 2.00 bits per heavy atom. The van der Waals surface area contributed by atoms with Crippen LogP contribution in [0.3, 0.4) is 0 Å². The largest absolute Gasteiger partial charge is 0.337 e. The SMILES string of the molecule is CC(Sc1ccccc1Cl)C(=O)NC(C)(C#N)C(C)C. The molecule has 3 nitrogen and oxygen atoms in total. The fourth-order valence-corrected chi connectivity index (χ4v) is 2.60. The Morgan fingerprint density at radius 1 is 1.40 bits per heavy atom. The minimum absolute atomic E-state index is 0.0361. The molecule has 0 bridgehead atoms. The normalized spacial score (nSPS) is 15.2. The monoisotopic (exact) mass is 310 g/mol. The van der Waals surface area contributed by atoms with Crippen molar-refractivity contribution in [3.8, 4) is 6.07 Å². The summed E-state index contributed by atoms with van der Waals surface area (Å²) in [6.45, 7) is 7.37.